The second-order valence-electron chi connectivity index (χ2n) is 3.68. The third-order valence-corrected chi connectivity index (χ3v) is 3.63. The highest BCUT2D eigenvalue weighted by Gasteiger charge is 2.15. The summed E-state index contributed by atoms with van der Waals surface area (Å²) >= 11 is 7.37. The van der Waals surface area contributed by atoms with Crippen LogP contribution in [0.5, 0.6) is 0 Å². The molecule has 0 aromatic heterocycles. The Hall–Kier alpha value is -1.27. The Balaban J connectivity index is 2.76. The van der Waals surface area contributed by atoms with Gasteiger partial charge in [-0.05, 0) is 18.4 Å². The summed E-state index contributed by atoms with van der Waals surface area (Å²) in [6.07, 6.45) is 1.96. The van der Waals surface area contributed by atoms with Crippen molar-refractivity contribution in [3.63, 3.8) is 0 Å². The van der Waals surface area contributed by atoms with Gasteiger partial charge in [-0.25, -0.2) is 0 Å². The highest BCUT2D eigenvalue weighted by atomic mass is 35.5. The lowest BCUT2D eigenvalue weighted by atomic mass is 10.2. The Morgan fingerprint density at radius 2 is 2.28 bits per heavy atom. The Labute approximate surface area is 114 Å². The van der Waals surface area contributed by atoms with E-state index in [1.54, 1.807) is 11.8 Å². The molecular weight excluding hydrogens is 276 g/mol. The molecule has 0 saturated heterocycles. The van der Waals surface area contributed by atoms with Crippen LogP contribution in [0.15, 0.2) is 18.2 Å². The van der Waals surface area contributed by atoms with E-state index in [1.165, 1.54) is 18.2 Å². The van der Waals surface area contributed by atoms with E-state index in [4.69, 9.17) is 11.6 Å². The predicted octanol–water partition coefficient (Wildman–Crippen LogP) is 2.73. The fourth-order valence-corrected chi connectivity index (χ4v) is 1.72. The van der Waals surface area contributed by atoms with E-state index in [-0.39, 0.29) is 16.6 Å². The second kappa shape index (κ2) is 6.61. The van der Waals surface area contributed by atoms with Crippen molar-refractivity contribution in [2.45, 2.75) is 12.2 Å². The van der Waals surface area contributed by atoms with Crippen molar-refractivity contribution in [1.82, 2.24) is 5.32 Å². The highest BCUT2D eigenvalue weighted by Crippen LogP contribution is 2.24. The van der Waals surface area contributed by atoms with Crippen LogP contribution in [-0.4, -0.2) is 28.9 Å². The van der Waals surface area contributed by atoms with Crippen molar-refractivity contribution in [3.8, 4) is 0 Å². The normalized spacial score (nSPS) is 11.9. The molecule has 0 bridgehead atoms. The molecule has 5 nitrogen and oxygen atoms in total. The molecule has 1 aromatic carbocycles. The number of carbonyl (C=O) groups excluding carboxylic acids is 1. The first kappa shape index (κ1) is 14.8. The molecule has 0 aliphatic rings. The Morgan fingerprint density at radius 1 is 1.61 bits per heavy atom. The molecule has 1 unspecified atom stereocenters. The molecule has 1 rings (SSSR count). The molecule has 98 valence electrons. The minimum atomic E-state index is -0.584. The lowest BCUT2D eigenvalue weighted by molar-refractivity contribution is -0.384. The van der Waals surface area contributed by atoms with Gasteiger partial charge in [0.1, 0.15) is 5.02 Å². The van der Waals surface area contributed by atoms with Crippen molar-refractivity contribution in [3.05, 3.63) is 38.9 Å². The van der Waals surface area contributed by atoms with Crippen molar-refractivity contribution in [1.29, 1.82) is 0 Å². The monoisotopic (exact) mass is 288 g/mol. The average Bonchev–Trinajstić information content (AvgIpc) is 2.34. The number of benzene rings is 1. The van der Waals surface area contributed by atoms with Crippen LogP contribution in [0.3, 0.4) is 0 Å². The average molecular weight is 289 g/mol. The van der Waals surface area contributed by atoms with Gasteiger partial charge in [0, 0.05) is 23.4 Å². The van der Waals surface area contributed by atoms with E-state index in [0.717, 1.165) is 0 Å². The first-order valence-corrected chi connectivity index (χ1v) is 6.87. The molecule has 0 aliphatic heterocycles. The number of hydrogen-bond acceptors (Lipinski definition) is 4. The molecule has 0 fully saturated rings. The molecule has 18 heavy (non-hydrogen) atoms. The van der Waals surface area contributed by atoms with Gasteiger partial charge in [-0.15, -0.1) is 0 Å². The zero-order valence-electron chi connectivity index (χ0n) is 9.97. The summed E-state index contributed by atoms with van der Waals surface area (Å²) < 4.78 is 0. The number of nitro benzene ring substituents is 1. The summed E-state index contributed by atoms with van der Waals surface area (Å²) in [6, 6.07) is 3.93. The van der Waals surface area contributed by atoms with E-state index >= 15 is 0 Å². The second-order valence-corrected chi connectivity index (χ2v) is 5.36. The van der Waals surface area contributed by atoms with Gasteiger partial charge in [0.25, 0.3) is 11.6 Å². The number of carbonyl (C=O) groups is 1. The predicted molar refractivity (Wildman–Crippen MR) is 73.4 cm³/mol. The van der Waals surface area contributed by atoms with Crippen molar-refractivity contribution >= 4 is 35.0 Å². The Morgan fingerprint density at radius 3 is 2.78 bits per heavy atom. The molecule has 1 atom stereocenters. The first-order valence-electron chi connectivity index (χ1n) is 5.20. The van der Waals surface area contributed by atoms with Crippen molar-refractivity contribution < 1.29 is 9.72 Å². The van der Waals surface area contributed by atoms with E-state index in [0.29, 0.717) is 17.4 Å². The van der Waals surface area contributed by atoms with Crippen LogP contribution < -0.4 is 5.32 Å². The summed E-state index contributed by atoms with van der Waals surface area (Å²) in [5, 5.41) is 13.6. The maximum Gasteiger partial charge on any atom is 0.287 e. The maximum atomic E-state index is 11.7. The minimum Gasteiger partial charge on any atom is -0.351 e. The third-order valence-electron chi connectivity index (χ3n) is 2.36. The van der Waals surface area contributed by atoms with Crippen molar-refractivity contribution in [2.24, 2.45) is 0 Å². The molecule has 0 saturated carbocycles. The molecule has 1 aromatic rings. The van der Waals surface area contributed by atoms with Gasteiger partial charge in [-0.2, -0.15) is 11.8 Å². The van der Waals surface area contributed by atoms with Gasteiger partial charge in [0.15, 0.2) is 0 Å². The number of nitro groups is 1. The number of rotatable bonds is 5. The third kappa shape index (κ3) is 3.89. The van der Waals surface area contributed by atoms with Gasteiger partial charge >= 0.3 is 0 Å². The Kier molecular flexibility index (Phi) is 5.43. The van der Waals surface area contributed by atoms with Crippen LogP contribution in [0.2, 0.25) is 5.02 Å². The fraction of sp³-hybridized carbons (Fsp3) is 0.364. The molecule has 0 aliphatic carbocycles. The molecule has 0 heterocycles. The number of thioether (sulfide) groups is 1. The van der Waals surface area contributed by atoms with E-state index in [1.807, 2.05) is 13.2 Å². The highest BCUT2D eigenvalue weighted by molar-refractivity contribution is 7.99. The number of halogens is 1. The maximum absolute atomic E-state index is 11.7. The summed E-state index contributed by atoms with van der Waals surface area (Å²) in [6.45, 7) is 2.53. The lowest BCUT2D eigenvalue weighted by Gasteiger charge is -2.09. The molecule has 0 radical (unpaired) electrons. The van der Waals surface area contributed by atoms with E-state index in [2.05, 4.69) is 5.32 Å². The van der Waals surface area contributed by atoms with E-state index < -0.39 is 4.92 Å². The SMILES string of the molecule is CSC(C)CNC(=O)c1ccc([N+](=O)[O-])c(Cl)c1. The Bertz CT molecular complexity index is 468. The summed E-state index contributed by atoms with van der Waals surface area (Å²) in [5.41, 5.74) is 0.115. The minimum absolute atomic E-state index is 0.0365. The number of hydrogen-bond donors (Lipinski definition) is 1. The molecule has 7 heteroatoms. The van der Waals surface area contributed by atoms with Crippen molar-refractivity contribution in [2.75, 3.05) is 12.8 Å². The van der Waals surface area contributed by atoms with Gasteiger partial charge in [-0.1, -0.05) is 18.5 Å². The van der Waals surface area contributed by atoms with E-state index in [9.17, 15) is 14.9 Å². The van der Waals surface area contributed by atoms with Gasteiger partial charge < -0.3 is 5.32 Å². The molecular formula is C11H13ClN2O3S. The van der Waals surface area contributed by atoms with Crippen LogP contribution in [0.25, 0.3) is 0 Å². The number of amides is 1. The van der Waals surface area contributed by atoms with Crippen LogP contribution >= 0.6 is 23.4 Å². The lowest BCUT2D eigenvalue weighted by Crippen LogP contribution is -2.29. The standard InChI is InChI=1S/C11H13ClN2O3S/c1-7(18-2)6-13-11(15)8-3-4-10(14(16)17)9(12)5-8/h3-5,7H,6H2,1-2H3,(H,13,15). The largest absolute Gasteiger partial charge is 0.351 e. The zero-order chi connectivity index (χ0) is 13.7. The van der Waals surface area contributed by atoms with Crippen LogP contribution in [0.1, 0.15) is 17.3 Å². The first-order chi connectivity index (χ1) is 8.45. The summed E-state index contributed by atoms with van der Waals surface area (Å²) in [5.74, 6) is -0.285. The fourth-order valence-electron chi connectivity index (χ4n) is 1.22. The van der Waals surface area contributed by atoms with Gasteiger partial charge in [0.2, 0.25) is 0 Å². The van der Waals surface area contributed by atoms with Crippen LogP contribution in [0.4, 0.5) is 5.69 Å². The molecule has 1 amide bonds. The smallest absolute Gasteiger partial charge is 0.287 e. The van der Waals surface area contributed by atoms with Crippen LogP contribution in [-0.2, 0) is 0 Å². The number of nitrogens with one attached hydrogen (secondary N) is 1. The molecule has 0 spiro atoms. The topological polar surface area (TPSA) is 72.2 Å². The van der Waals surface area contributed by atoms with Gasteiger partial charge in [-0.3, -0.25) is 14.9 Å². The summed E-state index contributed by atoms with van der Waals surface area (Å²) in [4.78, 5) is 21.7. The quantitative estimate of drug-likeness (QED) is 0.668. The molecule has 1 N–H and O–H groups in total. The van der Waals surface area contributed by atoms with Gasteiger partial charge in [0.05, 0.1) is 4.92 Å². The van der Waals surface area contributed by atoms with Crippen LogP contribution in [0, 0.1) is 10.1 Å². The number of nitrogens with zero attached hydrogens (tertiary/aromatic N) is 1. The summed E-state index contributed by atoms with van der Waals surface area (Å²) in [7, 11) is 0. The zero-order valence-corrected chi connectivity index (χ0v) is 11.5.